The van der Waals surface area contributed by atoms with Gasteiger partial charge >= 0.3 is 19.2 Å². The number of rotatable bonds is 10. The molecule has 0 amide bonds. The van der Waals surface area contributed by atoms with E-state index in [4.69, 9.17) is 4.74 Å². The van der Waals surface area contributed by atoms with E-state index in [2.05, 4.69) is 25.0 Å². The third kappa shape index (κ3) is 7.02. The molecule has 12 heteroatoms. The molecule has 1 aromatic heterocycles. The van der Waals surface area contributed by atoms with E-state index in [1.54, 1.807) is 12.3 Å². The molecule has 1 heterocycles. The summed E-state index contributed by atoms with van der Waals surface area (Å²) in [5, 5.41) is 5.92. The number of ether oxygens (including phenoxy) is 3. The Hall–Kier alpha value is -2.89. The van der Waals surface area contributed by atoms with Crippen molar-refractivity contribution in [3.63, 3.8) is 0 Å². The first kappa shape index (κ1) is 21.4. The summed E-state index contributed by atoms with van der Waals surface area (Å²) in [6, 6.07) is 3.46. The van der Waals surface area contributed by atoms with Crippen LogP contribution in [0.5, 0.6) is 11.5 Å². The largest absolute Gasteiger partial charge is 0.466 e. The lowest BCUT2D eigenvalue weighted by Crippen LogP contribution is -2.08. The first-order valence-electron chi connectivity index (χ1n) is 7.80. The summed E-state index contributed by atoms with van der Waals surface area (Å²) >= 11 is 1.19. The number of thiazole rings is 1. The highest BCUT2D eigenvalue weighted by Gasteiger charge is 2.15. The second kappa shape index (κ2) is 10.4. The Morgan fingerprint density at radius 3 is 2.64 bits per heavy atom. The Bertz CT molecular complexity index is 817. The van der Waals surface area contributed by atoms with E-state index in [1.165, 1.54) is 23.6 Å². The average Bonchev–Trinajstić information content (AvgIpc) is 3.03. The molecule has 152 valence electrons. The van der Waals surface area contributed by atoms with E-state index in [1.807, 2.05) is 0 Å². The van der Waals surface area contributed by atoms with Gasteiger partial charge in [-0.2, -0.15) is 22.7 Å². The molecule has 2 rings (SSSR count). The van der Waals surface area contributed by atoms with Gasteiger partial charge in [-0.15, -0.1) is 11.3 Å². The molecule has 0 aliphatic heterocycles. The van der Waals surface area contributed by atoms with Crippen molar-refractivity contribution in [2.24, 2.45) is 5.10 Å². The Balaban J connectivity index is 2.01. The van der Waals surface area contributed by atoms with Crippen LogP contribution in [-0.4, -0.2) is 37.0 Å². The van der Waals surface area contributed by atoms with Crippen LogP contribution in [0, 0.1) is 0 Å². The number of carbonyl (C=O) groups excluding carboxylic acids is 1. The van der Waals surface area contributed by atoms with E-state index in [0.29, 0.717) is 10.8 Å². The molecule has 0 spiro atoms. The molecule has 0 fully saturated rings. The van der Waals surface area contributed by atoms with Gasteiger partial charge in [0.25, 0.3) is 0 Å². The number of aromatic nitrogens is 1. The van der Waals surface area contributed by atoms with Crippen molar-refractivity contribution in [3.05, 3.63) is 34.8 Å². The summed E-state index contributed by atoms with van der Waals surface area (Å²) in [5.74, 6) is -1.48. The molecule has 0 atom stereocenters. The molecule has 0 saturated heterocycles. The minimum Gasteiger partial charge on any atom is -0.466 e. The number of halogens is 4. The van der Waals surface area contributed by atoms with Gasteiger partial charge in [-0.05, 0) is 30.7 Å². The van der Waals surface area contributed by atoms with Gasteiger partial charge in [0, 0.05) is 5.38 Å². The van der Waals surface area contributed by atoms with Crippen LogP contribution in [0.3, 0.4) is 0 Å². The molecule has 0 unspecified atom stereocenters. The first-order chi connectivity index (χ1) is 13.4. The zero-order valence-electron chi connectivity index (χ0n) is 14.4. The van der Waals surface area contributed by atoms with Gasteiger partial charge in [-0.25, -0.2) is 4.98 Å². The molecule has 0 saturated carbocycles. The number of anilines is 1. The molecule has 2 aromatic rings. The normalized spacial score (nSPS) is 11.2. The highest BCUT2D eigenvalue weighted by atomic mass is 32.1. The van der Waals surface area contributed by atoms with Crippen LogP contribution in [0.2, 0.25) is 0 Å². The van der Waals surface area contributed by atoms with Crippen LogP contribution >= 0.6 is 11.3 Å². The van der Waals surface area contributed by atoms with Crippen molar-refractivity contribution in [1.82, 2.24) is 4.98 Å². The highest BCUT2D eigenvalue weighted by molar-refractivity contribution is 7.13. The van der Waals surface area contributed by atoms with Crippen molar-refractivity contribution < 1.29 is 36.6 Å². The Morgan fingerprint density at radius 1 is 1.25 bits per heavy atom. The van der Waals surface area contributed by atoms with Crippen LogP contribution in [0.1, 0.15) is 18.2 Å². The summed E-state index contributed by atoms with van der Waals surface area (Å²) < 4.78 is 62.6. The third-order valence-corrected chi connectivity index (χ3v) is 3.75. The molecule has 0 aliphatic rings. The van der Waals surface area contributed by atoms with Crippen LogP contribution in [0.15, 0.2) is 28.7 Å². The predicted octanol–water partition coefficient (Wildman–Crippen LogP) is 3.90. The molecule has 0 radical (unpaired) electrons. The van der Waals surface area contributed by atoms with Crippen LogP contribution in [-0.2, 0) is 16.0 Å². The Kier molecular flexibility index (Phi) is 7.99. The van der Waals surface area contributed by atoms with Gasteiger partial charge in [-0.3, -0.25) is 10.2 Å². The first-order valence-corrected chi connectivity index (χ1v) is 8.68. The molecular weight excluding hydrogens is 406 g/mol. The number of esters is 1. The molecule has 28 heavy (non-hydrogen) atoms. The number of hydrogen-bond donors (Lipinski definition) is 1. The van der Waals surface area contributed by atoms with E-state index in [-0.39, 0.29) is 18.6 Å². The van der Waals surface area contributed by atoms with Gasteiger partial charge in [0.05, 0.1) is 24.9 Å². The minimum atomic E-state index is -3.21. The zero-order chi connectivity index (χ0) is 20.5. The van der Waals surface area contributed by atoms with E-state index in [0.717, 1.165) is 12.1 Å². The topological polar surface area (TPSA) is 82.0 Å². The molecular formula is C16H15F4N3O4S. The van der Waals surface area contributed by atoms with Crippen LogP contribution in [0.4, 0.5) is 22.7 Å². The number of carbonyl (C=O) groups is 1. The summed E-state index contributed by atoms with van der Waals surface area (Å²) in [5.41, 5.74) is 3.40. The summed E-state index contributed by atoms with van der Waals surface area (Å²) in [6.45, 7) is -4.42. The van der Waals surface area contributed by atoms with Gasteiger partial charge in [0.15, 0.2) is 11.5 Å². The SMILES string of the molecule is CCOC(=O)Cc1csc(NN=Cc2ccc(OC(F)F)c(OC(F)F)c2)n1. The number of hydrazone groups is 1. The fourth-order valence-corrected chi connectivity index (χ4v) is 2.61. The minimum absolute atomic E-state index is 0.0235. The van der Waals surface area contributed by atoms with Crippen molar-refractivity contribution in [2.75, 3.05) is 12.0 Å². The van der Waals surface area contributed by atoms with Gasteiger partial charge < -0.3 is 14.2 Å². The number of alkyl halides is 4. The maximum Gasteiger partial charge on any atom is 0.387 e. The van der Waals surface area contributed by atoms with E-state index >= 15 is 0 Å². The van der Waals surface area contributed by atoms with Crippen molar-refractivity contribution in [1.29, 1.82) is 0 Å². The van der Waals surface area contributed by atoms with E-state index in [9.17, 15) is 22.4 Å². The number of benzene rings is 1. The monoisotopic (exact) mass is 421 g/mol. The Morgan fingerprint density at radius 2 is 1.96 bits per heavy atom. The maximum absolute atomic E-state index is 12.4. The highest BCUT2D eigenvalue weighted by Crippen LogP contribution is 2.30. The fourth-order valence-electron chi connectivity index (χ4n) is 1.95. The molecule has 1 N–H and O–H groups in total. The second-order valence-corrected chi connectivity index (χ2v) is 5.82. The smallest absolute Gasteiger partial charge is 0.387 e. The van der Waals surface area contributed by atoms with Gasteiger partial charge in [-0.1, -0.05) is 0 Å². The quantitative estimate of drug-likeness (QED) is 0.271. The average molecular weight is 421 g/mol. The summed E-state index contributed by atoms with van der Waals surface area (Å²) in [7, 11) is 0. The molecule has 1 aromatic carbocycles. The lowest BCUT2D eigenvalue weighted by molar-refractivity contribution is -0.142. The molecule has 0 bridgehead atoms. The Labute approximate surface area is 160 Å². The van der Waals surface area contributed by atoms with E-state index < -0.39 is 30.7 Å². The third-order valence-electron chi connectivity index (χ3n) is 2.96. The summed E-state index contributed by atoms with van der Waals surface area (Å²) in [4.78, 5) is 15.5. The second-order valence-electron chi connectivity index (χ2n) is 4.96. The number of hydrogen-bond acceptors (Lipinski definition) is 8. The number of nitrogens with zero attached hydrogens (tertiary/aromatic N) is 2. The van der Waals surface area contributed by atoms with Gasteiger partial charge in [0.2, 0.25) is 5.13 Å². The number of nitrogens with one attached hydrogen (secondary N) is 1. The maximum atomic E-state index is 12.4. The van der Waals surface area contributed by atoms with Gasteiger partial charge in [0.1, 0.15) is 0 Å². The van der Waals surface area contributed by atoms with Crippen molar-refractivity contribution >= 4 is 28.7 Å². The summed E-state index contributed by atoms with van der Waals surface area (Å²) in [6.07, 6.45) is 1.27. The lowest BCUT2D eigenvalue weighted by atomic mass is 10.2. The molecule has 7 nitrogen and oxygen atoms in total. The van der Waals surface area contributed by atoms with Crippen LogP contribution in [0.25, 0.3) is 0 Å². The van der Waals surface area contributed by atoms with Crippen LogP contribution < -0.4 is 14.9 Å². The van der Waals surface area contributed by atoms with Crippen molar-refractivity contribution in [3.8, 4) is 11.5 Å². The van der Waals surface area contributed by atoms with Crippen molar-refractivity contribution in [2.45, 2.75) is 26.6 Å². The fraction of sp³-hybridized carbons (Fsp3) is 0.312. The zero-order valence-corrected chi connectivity index (χ0v) is 15.2. The standard InChI is InChI=1S/C16H15F4N3O4S/c1-2-25-13(24)6-10-8-28-16(22-10)23-21-7-9-3-4-11(26-14(17)18)12(5-9)27-15(19)20/h3-5,7-8,14-15H,2,6H2,1H3,(H,22,23). The predicted molar refractivity (Wildman–Crippen MR) is 93.4 cm³/mol. The molecule has 0 aliphatic carbocycles. The lowest BCUT2D eigenvalue weighted by Gasteiger charge is -2.11.